The van der Waals surface area contributed by atoms with E-state index in [9.17, 15) is 4.79 Å². The molecule has 0 aliphatic carbocycles. The lowest BCUT2D eigenvalue weighted by Crippen LogP contribution is -2.25. The van der Waals surface area contributed by atoms with E-state index in [0.717, 1.165) is 21.5 Å². The first-order valence-corrected chi connectivity index (χ1v) is 6.81. The largest absolute Gasteiger partial charge is 0.352 e. The molecule has 0 radical (unpaired) electrons. The molecule has 0 fully saturated rings. The van der Waals surface area contributed by atoms with Gasteiger partial charge in [-0.2, -0.15) is 5.10 Å². The number of nitrogens with one attached hydrogen (secondary N) is 2. The van der Waals surface area contributed by atoms with Crippen molar-refractivity contribution >= 4 is 27.3 Å². The van der Waals surface area contributed by atoms with Crippen LogP contribution in [0, 0.1) is 0 Å². The number of nitrogens with zero attached hydrogens (tertiary/aromatic N) is 2. The van der Waals surface area contributed by atoms with Gasteiger partial charge in [0.25, 0.3) is 5.91 Å². The van der Waals surface area contributed by atoms with E-state index in [1.807, 2.05) is 29.6 Å². The molecule has 19 heavy (non-hydrogen) atoms. The van der Waals surface area contributed by atoms with Crippen molar-refractivity contribution in [3.8, 4) is 0 Å². The summed E-state index contributed by atoms with van der Waals surface area (Å²) in [5.41, 5.74) is 0.734. The van der Waals surface area contributed by atoms with Crippen LogP contribution in [0.2, 0.25) is 0 Å². The van der Waals surface area contributed by atoms with Crippen LogP contribution in [0.3, 0.4) is 0 Å². The van der Waals surface area contributed by atoms with Crippen LogP contribution in [-0.4, -0.2) is 27.6 Å². The van der Waals surface area contributed by atoms with Crippen molar-refractivity contribution in [1.82, 2.24) is 20.5 Å². The summed E-state index contributed by atoms with van der Waals surface area (Å²) >= 11 is 1.58. The van der Waals surface area contributed by atoms with Crippen LogP contribution in [0.15, 0.2) is 36.0 Å². The van der Waals surface area contributed by atoms with Gasteiger partial charge in [-0.05, 0) is 6.07 Å². The first-order chi connectivity index (χ1) is 9.34. The van der Waals surface area contributed by atoms with Gasteiger partial charge < -0.3 is 5.32 Å². The van der Waals surface area contributed by atoms with Crippen LogP contribution in [-0.2, 0) is 6.42 Å². The summed E-state index contributed by atoms with van der Waals surface area (Å²) < 4.78 is 1.13. The summed E-state index contributed by atoms with van der Waals surface area (Å²) in [6, 6.07) is 7.91. The predicted molar refractivity (Wildman–Crippen MR) is 74.2 cm³/mol. The molecule has 2 heterocycles. The van der Waals surface area contributed by atoms with Crippen LogP contribution in [0.4, 0.5) is 0 Å². The Hall–Kier alpha value is -2.21. The average Bonchev–Trinajstić information content (AvgIpc) is 3.07. The molecule has 1 aromatic carbocycles. The monoisotopic (exact) mass is 272 g/mol. The van der Waals surface area contributed by atoms with Gasteiger partial charge in [0.05, 0.1) is 5.56 Å². The quantitative estimate of drug-likeness (QED) is 0.763. The van der Waals surface area contributed by atoms with E-state index in [2.05, 4.69) is 20.5 Å². The Morgan fingerprint density at radius 1 is 1.37 bits per heavy atom. The summed E-state index contributed by atoms with van der Waals surface area (Å²) in [5.74, 6) is 0.729. The number of amides is 1. The van der Waals surface area contributed by atoms with Crippen molar-refractivity contribution in [3.05, 3.63) is 47.4 Å². The van der Waals surface area contributed by atoms with Crippen LogP contribution < -0.4 is 5.32 Å². The van der Waals surface area contributed by atoms with Gasteiger partial charge in [-0.15, -0.1) is 11.3 Å². The van der Waals surface area contributed by atoms with E-state index in [1.54, 1.807) is 11.3 Å². The van der Waals surface area contributed by atoms with E-state index in [0.29, 0.717) is 13.0 Å². The second kappa shape index (κ2) is 5.19. The van der Waals surface area contributed by atoms with Crippen LogP contribution in [0.25, 0.3) is 10.1 Å². The fourth-order valence-corrected chi connectivity index (χ4v) is 2.84. The number of benzene rings is 1. The number of fused-ring (bicyclic) bond motifs is 1. The Labute approximate surface area is 113 Å². The molecule has 0 aliphatic rings. The van der Waals surface area contributed by atoms with Gasteiger partial charge in [0, 0.05) is 28.4 Å². The van der Waals surface area contributed by atoms with Gasteiger partial charge in [0.1, 0.15) is 12.2 Å². The van der Waals surface area contributed by atoms with E-state index in [-0.39, 0.29) is 5.91 Å². The minimum Gasteiger partial charge on any atom is -0.352 e. The van der Waals surface area contributed by atoms with Crippen molar-refractivity contribution in [3.63, 3.8) is 0 Å². The van der Waals surface area contributed by atoms with Crippen molar-refractivity contribution in [2.24, 2.45) is 0 Å². The van der Waals surface area contributed by atoms with E-state index in [1.165, 1.54) is 6.33 Å². The fraction of sp³-hybridized carbons (Fsp3) is 0.154. The summed E-state index contributed by atoms with van der Waals surface area (Å²) in [4.78, 5) is 16.1. The molecule has 0 unspecified atom stereocenters. The maximum atomic E-state index is 12.1. The first-order valence-electron chi connectivity index (χ1n) is 5.93. The lowest BCUT2D eigenvalue weighted by molar-refractivity contribution is 0.0956. The zero-order chi connectivity index (χ0) is 13.1. The summed E-state index contributed by atoms with van der Waals surface area (Å²) in [5, 5.41) is 12.3. The fourth-order valence-electron chi connectivity index (χ4n) is 1.89. The molecule has 2 aromatic heterocycles. The summed E-state index contributed by atoms with van der Waals surface area (Å²) in [7, 11) is 0. The molecule has 6 heteroatoms. The topological polar surface area (TPSA) is 70.7 Å². The molecule has 0 saturated carbocycles. The van der Waals surface area contributed by atoms with Crippen LogP contribution >= 0.6 is 11.3 Å². The van der Waals surface area contributed by atoms with Crippen molar-refractivity contribution in [1.29, 1.82) is 0 Å². The highest BCUT2D eigenvalue weighted by molar-refractivity contribution is 7.17. The number of rotatable bonds is 4. The zero-order valence-electron chi connectivity index (χ0n) is 10.1. The maximum Gasteiger partial charge on any atom is 0.252 e. The zero-order valence-corrected chi connectivity index (χ0v) is 10.9. The third kappa shape index (κ3) is 2.48. The van der Waals surface area contributed by atoms with Crippen molar-refractivity contribution < 1.29 is 4.79 Å². The number of aromatic nitrogens is 3. The number of H-pyrrole nitrogens is 1. The number of aromatic amines is 1. The van der Waals surface area contributed by atoms with E-state index in [4.69, 9.17) is 0 Å². The molecule has 3 aromatic rings. The molecule has 1 amide bonds. The highest BCUT2D eigenvalue weighted by Gasteiger charge is 2.11. The van der Waals surface area contributed by atoms with Gasteiger partial charge in [-0.3, -0.25) is 9.89 Å². The maximum absolute atomic E-state index is 12.1. The Kier molecular flexibility index (Phi) is 3.24. The highest BCUT2D eigenvalue weighted by atomic mass is 32.1. The molecular formula is C13H12N4OS. The van der Waals surface area contributed by atoms with E-state index < -0.39 is 0 Å². The second-order valence-electron chi connectivity index (χ2n) is 4.08. The molecule has 3 rings (SSSR count). The Morgan fingerprint density at radius 3 is 3.11 bits per heavy atom. The normalized spacial score (nSPS) is 10.7. The number of carbonyl (C=O) groups excluding carboxylic acids is 1. The molecule has 0 bridgehead atoms. The van der Waals surface area contributed by atoms with Gasteiger partial charge in [-0.1, -0.05) is 18.2 Å². The molecule has 96 valence electrons. The molecule has 0 saturated heterocycles. The predicted octanol–water partition coefficient (Wildman–Crippen LogP) is 1.99. The lowest BCUT2D eigenvalue weighted by atomic mass is 10.1. The Bertz CT molecular complexity index is 690. The minimum atomic E-state index is -0.0445. The lowest BCUT2D eigenvalue weighted by Gasteiger charge is -2.02. The molecule has 0 atom stereocenters. The van der Waals surface area contributed by atoms with Crippen molar-refractivity contribution in [2.45, 2.75) is 6.42 Å². The SMILES string of the molecule is O=C(NCCc1ncn[nH]1)c1csc2ccccc12. The minimum absolute atomic E-state index is 0.0445. The van der Waals surface area contributed by atoms with Gasteiger partial charge in [0.15, 0.2) is 0 Å². The van der Waals surface area contributed by atoms with Gasteiger partial charge in [0.2, 0.25) is 0 Å². The van der Waals surface area contributed by atoms with Gasteiger partial charge in [-0.25, -0.2) is 4.98 Å². The third-order valence-electron chi connectivity index (χ3n) is 2.84. The number of thiophene rings is 1. The molecule has 2 N–H and O–H groups in total. The number of carbonyl (C=O) groups is 1. The standard InChI is InChI=1S/C13H12N4OS/c18-13(14-6-5-12-15-8-16-17-12)10-7-19-11-4-2-1-3-9(10)11/h1-4,7-8H,5-6H2,(H,14,18)(H,15,16,17). The highest BCUT2D eigenvalue weighted by Crippen LogP contribution is 2.25. The third-order valence-corrected chi connectivity index (χ3v) is 3.80. The molecule has 0 spiro atoms. The first kappa shape index (κ1) is 11.9. The van der Waals surface area contributed by atoms with Gasteiger partial charge >= 0.3 is 0 Å². The van der Waals surface area contributed by atoms with Crippen LogP contribution in [0.1, 0.15) is 16.2 Å². The summed E-state index contributed by atoms with van der Waals surface area (Å²) in [6.45, 7) is 0.540. The average molecular weight is 272 g/mol. The molecule has 0 aliphatic heterocycles. The summed E-state index contributed by atoms with van der Waals surface area (Å²) in [6.07, 6.45) is 2.11. The molecule has 5 nitrogen and oxygen atoms in total. The number of hydrogen-bond donors (Lipinski definition) is 2. The van der Waals surface area contributed by atoms with Crippen LogP contribution in [0.5, 0.6) is 0 Å². The Balaban J connectivity index is 1.67. The van der Waals surface area contributed by atoms with E-state index >= 15 is 0 Å². The smallest absolute Gasteiger partial charge is 0.252 e. The van der Waals surface area contributed by atoms with Crippen molar-refractivity contribution in [2.75, 3.05) is 6.54 Å². The number of hydrogen-bond acceptors (Lipinski definition) is 4. The molecular weight excluding hydrogens is 260 g/mol. The Morgan fingerprint density at radius 2 is 2.26 bits per heavy atom. The second-order valence-corrected chi connectivity index (χ2v) is 4.99.